The molecule has 0 amide bonds. The molecule has 9 heteroatoms. The summed E-state index contributed by atoms with van der Waals surface area (Å²) < 4.78 is 1.85. The van der Waals surface area contributed by atoms with Crippen LogP contribution in [0.3, 0.4) is 0 Å². The highest BCUT2D eigenvalue weighted by Crippen LogP contribution is 2.18. The summed E-state index contributed by atoms with van der Waals surface area (Å²) in [6.45, 7) is 3.26. The van der Waals surface area contributed by atoms with E-state index in [1.54, 1.807) is 12.7 Å². The monoisotopic (exact) mass is 273 g/mol. The number of rotatable bonds is 5. The lowest BCUT2D eigenvalue weighted by atomic mass is 10.4. The Morgan fingerprint density at radius 2 is 2.20 bits per heavy atom. The number of aryl methyl sites for hydroxylation is 1. The highest BCUT2D eigenvalue weighted by atomic mass is 15.3. The Labute approximate surface area is 114 Å². The highest BCUT2D eigenvalue weighted by Gasteiger charge is 2.10. The van der Waals surface area contributed by atoms with Crippen LogP contribution in [0.2, 0.25) is 0 Å². The second-order valence-corrected chi connectivity index (χ2v) is 4.24. The minimum absolute atomic E-state index is 0.521. The van der Waals surface area contributed by atoms with E-state index in [0.717, 1.165) is 17.9 Å². The number of imidazole rings is 1. The van der Waals surface area contributed by atoms with Crippen molar-refractivity contribution in [3.8, 4) is 0 Å². The van der Waals surface area contributed by atoms with E-state index in [1.165, 1.54) is 0 Å². The second-order valence-electron chi connectivity index (χ2n) is 4.24. The third-order valence-corrected chi connectivity index (χ3v) is 2.84. The second kappa shape index (κ2) is 5.11. The number of aromatic nitrogens is 7. The van der Waals surface area contributed by atoms with Crippen LogP contribution in [0.15, 0.2) is 12.7 Å². The topological polar surface area (TPSA) is 109 Å². The van der Waals surface area contributed by atoms with Crippen molar-refractivity contribution in [3.63, 3.8) is 0 Å². The fourth-order valence-electron chi connectivity index (χ4n) is 1.83. The van der Waals surface area contributed by atoms with Gasteiger partial charge >= 0.3 is 0 Å². The maximum atomic E-state index is 4.43. The number of fused-ring (bicyclic) bond motifs is 1. The van der Waals surface area contributed by atoms with Gasteiger partial charge in [0.2, 0.25) is 5.95 Å². The van der Waals surface area contributed by atoms with Crippen LogP contribution in [-0.2, 0) is 13.6 Å². The molecule has 0 radical (unpaired) electrons. The van der Waals surface area contributed by atoms with Crippen molar-refractivity contribution < 1.29 is 0 Å². The van der Waals surface area contributed by atoms with Gasteiger partial charge in [0.15, 0.2) is 17.3 Å². The predicted octanol–water partition coefficient (Wildman–Crippen LogP) is 0.525. The minimum Gasteiger partial charge on any atom is -0.361 e. The molecular weight excluding hydrogens is 258 g/mol. The van der Waals surface area contributed by atoms with Crippen molar-refractivity contribution in [1.82, 2.24) is 34.7 Å². The standard InChI is InChI=1S/C11H15N9/c1-3-12-11-17-9(8-10(18-11)15-5-14-8)13-4-7-19-16-6-20(7)2/h5-6H,3-4H2,1-2H3,(H3,12,13,14,15,17,18). The van der Waals surface area contributed by atoms with Crippen molar-refractivity contribution in [1.29, 1.82) is 0 Å². The van der Waals surface area contributed by atoms with E-state index in [0.29, 0.717) is 24.0 Å². The largest absolute Gasteiger partial charge is 0.361 e. The molecule has 0 spiro atoms. The summed E-state index contributed by atoms with van der Waals surface area (Å²) in [7, 11) is 1.90. The van der Waals surface area contributed by atoms with Crippen molar-refractivity contribution in [2.75, 3.05) is 17.2 Å². The molecule has 9 nitrogen and oxygen atoms in total. The molecule has 0 saturated heterocycles. The van der Waals surface area contributed by atoms with Crippen molar-refractivity contribution in [3.05, 3.63) is 18.5 Å². The van der Waals surface area contributed by atoms with E-state index < -0.39 is 0 Å². The van der Waals surface area contributed by atoms with E-state index in [2.05, 4.69) is 40.8 Å². The average Bonchev–Trinajstić information content (AvgIpc) is 3.05. The normalized spacial score (nSPS) is 10.9. The van der Waals surface area contributed by atoms with E-state index in [9.17, 15) is 0 Å². The molecule has 0 bridgehead atoms. The van der Waals surface area contributed by atoms with Gasteiger partial charge in [0.05, 0.1) is 12.9 Å². The van der Waals surface area contributed by atoms with Gasteiger partial charge in [-0.05, 0) is 6.92 Å². The smallest absolute Gasteiger partial charge is 0.226 e. The van der Waals surface area contributed by atoms with Crippen LogP contribution in [0.5, 0.6) is 0 Å². The Bertz CT molecular complexity index is 714. The van der Waals surface area contributed by atoms with Gasteiger partial charge < -0.3 is 20.2 Å². The molecule has 104 valence electrons. The van der Waals surface area contributed by atoms with Crippen LogP contribution in [0.4, 0.5) is 11.8 Å². The third-order valence-electron chi connectivity index (χ3n) is 2.84. The Hall–Kier alpha value is -2.71. The zero-order chi connectivity index (χ0) is 13.9. The molecule has 0 unspecified atom stereocenters. The van der Waals surface area contributed by atoms with Gasteiger partial charge in [-0.25, -0.2) is 4.98 Å². The molecule has 0 fully saturated rings. The van der Waals surface area contributed by atoms with Crippen LogP contribution in [0.25, 0.3) is 11.2 Å². The number of H-pyrrole nitrogens is 1. The first kappa shape index (κ1) is 12.3. The number of nitrogens with zero attached hydrogens (tertiary/aromatic N) is 6. The van der Waals surface area contributed by atoms with Gasteiger partial charge in [0.25, 0.3) is 0 Å². The lowest BCUT2D eigenvalue weighted by Crippen LogP contribution is -2.10. The van der Waals surface area contributed by atoms with Crippen LogP contribution in [0.1, 0.15) is 12.7 Å². The van der Waals surface area contributed by atoms with Crippen LogP contribution >= 0.6 is 0 Å². The summed E-state index contributed by atoms with van der Waals surface area (Å²) in [5.74, 6) is 2.06. The molecule has 3 heterocycles. The zero-order valence-electron chi connectivity index (χ0n) is 11.3. The van der Waals surface area contributed by atoms with Gasteiger partial charge in [-0.3, -0.25) is 0 Å². The number of anilines is 2. The molecule has 0 aromatic carbocycles. The van der Waals surface area contributed by atoms with Crippen molar-refractivity contribution in [2.45, 2.75) is 13.5 Å². The summed E-state index contributed by atoms with van der Waals surface area (Å²) in [5, 5.41) is 14.2. The average molecular weight is 273 g/mol. The number of hydrogen-bond acceptors (Lipinski definition) is 7. The maximum Gasteiger partial charge on any atom is 0.226 e. The predicted molar refractivity (Wildman–Crippen MR) is 74.2 cm³/mol. The quantitative estimate of drug-likeness (QED) is 0.622. The number of nitrogens with one attached hydrogen (secondary N) is 3. The molecule has 0 aliphatic heterocycles. The molecule has 20 heavy (non-hydrogen) atoms. The van der Waals surface area contributed by atoms with Crippen LogP contribution < -0.4 is 10.6 Å². The summed E-state index contributed by atoms with van der Waals surface area (Å²) in [4.78, 5) is 15.9. The van der Waals surface area contributed by atoms with Gasteiger partial charge in [-0.2, -0.15) is 9.97 Å². The Kier molecular flexibility index (Phi) is 3.15. The minimum atomic E-state index is 0.521. The fraction of sp³-hybridized carbons (Fsp3) is 0.364. The Balaban J connectivity index is 1.89. The van der Waals surface area contributed by atoms with Gasteiger partial charge in [0, 0.05) is 13.6 Å². The zero-order valence-corrected chi connectivity index (χ0v) is 11.3. The first-order valence-electron chi connectivity index (χ1n) is 6.29. The molecule has 3 N–H and O–H groups in total. The first-order chi connectivity index (χ1) is 9.78. The third kappa shape index (κ3) is 2.25. The molecule has 3 aromatic heterocycles. The summed E-state index contributed by atoms with van der Waals surface area (Å²) >= 11 is 0. The van der Waals surface area contributed by atoms with Crippen molar-refractivity contribution >= 4 is 22.9 Å². The van der Waals surface area contributed by atoms with Gasteiger partial charge in [-0.1, -0.05) is 0 Å². The molecule has 3 aromatic rings. The summed E-state index contributed by atoms with van der Waals surface area (Å²) in [6, 6.07) is 0. The maximum absolute atomic E-state index is 4.43. The summed E-state index contributed by atoms with van der Waals surface area (Å²) in [6.07, 6.45) is 3.26. The SMILES string of the molecule is CCNc1nc(NCc2nncn2C)c2[nH]cnc2n1. The fourth-order valence-corrected chi connectivity index (χ4v) is 1.83. The molecule has 0 atom stereocenters. The van der Waals surface area contributed by atoms with E-state index >= 15 is 0 Å². The Morgan fingerprint density at radius 3 is 2.95 bits per heavy atom. The van der Waals surface area contributed by atoms with Crippen LogP contribution in [-0.4, -0.2) is 41.2 Å². The lowest BCUT2D eigenvalue weighted by molar-refractivity contribution is 0.810. The van der Waals surface area contributed by atoms with E-state index in [1.807, 2.05) is 18.5 Å². The number of hydrogen-bond donors (Lipinski definition) is 3. The molecule has 0 aliphatic carbocycles. The van der Waals surface area contributed by atoms with Crippen molar-refractivity contribution in [2.24, 2.45) is 7.05 Å². The summed E-state index contributed by atoms with van der Waals surface area (Å²) in [5.41, 5.74) is 1.39. The first-order valence-corrected chi connectivity index (χ1v) is 6.29. The van der Waals surface area contributed by atoms with Crippen LogP contribution in [0, 0.1) is 0 Å². The molecular formula is C11H15N9. The lowest BCUT2D eigenvalue weighted by Gasteiger charge is -2.08. The highest BCUT2D eigenvalue weighted by molar-refractivity contribution is 5.83. The molecule has 0 saturated carbocycles. The van der Waals surface area contributed by atoms with E-state index in [-0.39, 0.29) is 0 Å². The molecule has 0 aliphatic rings. The Morgan fingerprint density at radius 1 is 1.30 bits per heavy atom. The van der Waals surface area contributed by atoms with E-state index in [4.69, 9.17) is 0 Å². The van der Waals surface area contributed by atoms with Gasteiger partial charge in [0.1, 0.15) is 11.8 Å². The molecule has 3 rings (SSSR count). The van der Waals surface area contributed by atoms with Gasteiger partial charge in [-0.15, -0.1) is 10.2 Å². The number of aromatic amines is 1.